The Morgan fingerprint density at radius 3 is 2.29 bits per heavy atom. The van der Waals surface area contributed by atoms with Crippen molar-refractivity contribution < 1.29 is 14.2 Å². The van der Waals surface area contributed by atoms with Crippen LogP contribution in [0.2, 0.25) is 0 Å². The maximum absolute atomic E-state index is 5.51. The van der Waals surface area contributed by atoms with Gasteiger partial charge in [0.15, 0.2) is 6.29 Å². The number of ether oxygens (including phenoxy) is 3. The Hall–Kier alpha value is -0.160. The third-order valence-corrected chi connectivity index (χ3v) is 3.28. The summed E-state index contributed by atoms with van der Waals surface area (Å²) in [5, 5.41) is 0. The van der Waals surface area contributed by atoms with E-state index in [4.69, 9.17) is 14.2 Å². The maximum atomic E-state index is 5.51. The average Bonchev–Trinajstić information content (AvgIpc) is 2.46. The van der Waals surface area contributed by atoms with Crippen molar-refractivity contribution >= 4 is 0 Å². The molecule has 0 aromatic heterocycles. The molecule has 0 saturated carbocycles. The van der Waals surface area contributed by atoms with Crippen molar-refractivity contribution in [3.05, 3.63) is 0 Å². The molecule has 0 aliphatic carbocycles. The normalized spacial score (nSPS) is 32.8. The van der Waals surface area contributed by atoms with Crippen LogP contribution in [0.5, 0.6) is 0 Å². The van der Waals surface area contributed by atoms with E-state index in [2.05, 4.69) is 4.90 Å². The Balaban J connectivity index is 1.90. The van der Waals surface area contributed by atoms with Crippen molar-refractivity contribution in [1.29, 1.82) is 0 Å². The van der Waals surface area contributed by atoms with E-state index in [1.165, 1.54) is 12.8 Å². The lowest BCUT2D eigenvalue weighted by Crippen LogP contribution is -2.49. The molecule has 0 aromatic rings. The Morgan fingerprint density at radius 2 is 1.79 bits per heavy atom. The summed E-state index contributed by atoms with van der Waals surface area (Å²) in [5.41, 5.74) is 0. The second kappa shape index (κ2) is 4.57. The third-order valence-electron chi connectivity index (χ3n) is 3.28. The van der Waals surface area contributed by atoms with Gasteiger partial charge in [-0.05, 0) is 12.8 Å². The lowest BCUT2D eigenvalue weighted by Gasteiger charge is -2.36. The van der Waals surface area contributed by atoms with Crippen LogP contribution in [0, 0.1) is 0 Å². The van der Waals surface area contributed by atoms with Gasteiger partial charge in [-0.15, -0.1) is 0 Å². The van der Waals surface area contributed by atoms with E-state index < -0.39 is 0 Å². The Morgan fingerprint density at radius 1 is 1.21 bits per heavy atom. The van der Waals surface area contributed by atoms with Crippen LogP contribution >= 0.6 is 0 Å². The molecular formula is C10H19NO3. The summed E-state index contributed by atoms with van der Waals surface area (Å²) in [6.07, 6.45) is 2.41. The summed E-state index contributed by atoms with van der Waals surface area (Å²) in [6, 6.07) is 1.17. The highest BCUT2D eigenvalue weighted by Gasteiger charge is 2.38. The van der Waals surface area contributed by atoms with Crippen molar-refractivity contribution in [2.75, 3.05) is 34.0 Å². The number of hydrogen-bond donors (Lipinski definition) is 0. The Bertz CT molecular complexity index is 168. The zero-order chi connectivity index (χ0) is 9.97. The van der Waals surface area contributed by atoms with Crippen LogP contribution in [0.1, 0.15) is 12.8 Å². The molecule has 2 unspecified atom stereocenters. The molecule has 0 aromatic carbocycles. The minimum Gasteiger partial charge on any atom is -0.378 e. The largest absolute Gasteiger partial charge is 0.378 e. The van der Waals surface area contributed by atoms with Crippen LogP contribution < -0.4 is 0 Å². The zero-order valence-corrected chi connectivity index (χ0v) is 8.94. The maximum Gasteiger partial charge on any atom is 0.169 e. The minimum atomic E-state index is -0.101. The van der Waals surface area contributed by atoms with Gasteiger partial charge in [0.05, 0.1) is 19.8 Å². The molecule has 2 saturated heterocycles. The molecule has 2 rings (SSSR count). The molecule has 2 heterocycles. The number of nitrogens with zero attached hydrogens (tertiary/aromatic N) is 1. The molecule has 4 nitrogen and oxygen atoms in total. The third kappa shape index (κ3) is 1.93. The summed E-state index contributed by atoms with van der Waals surface area (Å²) in [7, 11) is 3.38. The number of methoxy groups -OCH3 is 2. The van der Waals surface area contributed by atoms with Crippen LogP contribution in [0.25, 0.3) is 0 Å². The van der Waals surface area contributed by atoms with E-state index >= 15 is 0 Å². The van der Waals surface area contributed by atoms with Gasteiger partial charge in [0.1, 0.15) is 0 Å². The van der Waals surface area contributed by atoms with E-state index in [0.717, 1.165) is 19.8 Å². The highest BCUT2D eigenvalue weighted by Crippen LogP contribution is 2.28. The second-order valence-electron chi connectivity index (χ2n) is 4.02. The van der Waals surface area contributed by atoms with Crippen molar-refractivity contribution in [3.63, 3.8) is 0 Å². The van der Waals surface area contributed by atoms with E-state index in [1.807, 2.05) is 0 Å². The van der Waals surface area contributed by atoms with Crippen molar-refractivity contribution in [1.82, 2.24) is 4.90 Å². The van der Waals surface area contributed by atoms with Crippen LogP contribution in [-0.4, -0.2) is 57.3 Å². The van der Waals surface area contributed by atoms with Crippen LogP contribution in [0.4, 0.5) is 0 Å². The summed E-state index contributed by atoms with van der Waals surface area (Å²) < 4.78 is 16.0. The van der Waals surface area contributed by atoms with Crippen molar-refractivity contribution in [2.45, 2.75) is 31.2 Å². The molecule has 0 radical (unpaired) electrons. The average molecular weight is 201 g/mol. The first-order valence-corrected chi connectivity index (χ1v) is 5.24. The quantitative estimate of drug-likeness (QED) is 0.619. The SMILES string of the molecule is COC(CN1C2CCC1COC2)OC. The molecule has 2 aliphatic heterocycles. The van der Waals surface area contributed by atoms with Gasteiger partial charge in [-0.2, -0.15) is 0 Å². The number of hydrogen-bond acceptors (Lipinski definition) is 4. The molecular weight excluding hydrogens is 182 g/mol. The summed E-state index contributed by atoms with van der Waals surface area (Å²) in [6.45, 7) is 2.61. The molecule has 0 amide bonds. The van der Waals surface area contributed by atoms with Gasteiger partial charge in [0, 0.05) is 26.3 Å². The fourth-order valence-corrected chi connectivity index (χ4v) is 2.43. The molecule has 0 spiro atoms. The highest BCUT2D eigenvalue weighted by molar-refractivity contribution is 4.91. The standard InChI is InChI=1S/C10H19NO3/c1-12-10(13-2)5-11-8-3-4-9(11)7-14-6-8/h8-10H,3-7H2,1-2H3. The van der Waals surface area contributed by atoms with Gasteiger partial charge in [-0.3, -0.25) is 4.90 Å². The molecule has 82 valence electrons. The summed E-state index contributed by atoms with van der Waals surface area (Å²) >= 11 is 0. The first-order valence-electron chi connectivity index (χ1n) is 5.24. The van der Waals surface area contributed by atoms with E-state index in [9.17, 15) is 0 Å². The predicted molar refractivity (Wildman–Crippen MR) is 52.1 cm³/mol. The van der Waals surface area contributed by atoms with Gasteiger partial charge >= 0.3 is 0 Å². The van der Waals surface area contributed by atoms with Crippen molar-refractivity contribution in [3.8, 4) is 0 Å². The Kier molecular flexibility index (Phi) is 3.38. The molecule has 2 fully saturated rings. The topological polar surface area (TPSA) is 30.9 Å². The number of fused-ring (bicyclic) bond motifs is 2. The molecule has 2 bridgehead atoms. The smallest absolute Gasteiger partial charge is 0.169 e. The zero-order valence-electron chi connectivity index (χ0n) is 8.94. The van der Waals surface area contributed by atoms with E-state index in [-0.39, 0.29) is 6.29 Å². The Labute approximate surface area is 85.1 Å². The van der Waals surface area contributed by atoms with Gasteiger partial charge < -0.3 is 14.2 Å². The van der Waals surface area contributed by atoms with Crippen LogP contribution in [-0.2, 0) is 14.2 Å². The number of rotatable bonds is 4. The van der Waals surface area contributed by atoms with Gasteiger partial charge in [0.25, 0.3) is 0 Å². The fourth-order valence-electron chi connectivity index (χ4n) is 2.43. The summed E-state index contributed by atoms with van der Waals surface area (Å²) in [5.74, 6) is 0. The predicted octanol–water partition coefficient (Wildman–Crippen LogP) is 0.468. The lowest BCUT2D eigenvalue weighted by molar-refractivity contribution is -0.135. The van der Waals surface area contributed by atoms with Gasteiger partial charge in [-0.25, -0.2) is 0 Å². The summed E-state index contributed by atoms with van der Waals surface area (Å²) in [4.78, 5) is 2.47. The molecule has 2 aliphatic rings. The first kappa shape index (κ1) is 10.4. The van der Waals surface area contributed by atoms with Crippen molar-refractivity contribution in [2.24, 2.45) is 0 Å². The van der Waals surface area contributed by atoms with E-state index in [1.54, 1.807) is 14.2 Å². The number of morpholine rings is 1. The molecule has 14 heavy (non-hydrogen) atoms. The monoisotopic (exact) mass is 201 g/mol. The van der Waals surface area contributed by atoms with Gasteiger partial charge in [0.2, 0.25) is 0 Å². The van der Waals surface area contributed by atoms with E-state index in [0.29, 0.717) is 12.1 Å². The molecule has 0 N–H and O–H groups in total. The molecule has 4 heteroatoms. The second-order valence-corrected chi connectivity index (χ2v) is 4.02. The highest BCUT2D eigenvalue weighted by atomic mass is 16.7. The van der Waals surface area contributed by atoms with Gasteiger partial charge in [-0.1, -0.05) is 0 Å². The lowest BCUT2D eigenvalue weighted by atomic mass is 10.2. The minimum absolute atomic E-state index is 0.101. The van der Waals surface area contributed by atoms with Crippen LogP contribution in [0.3, 0.4) is 0 Å². The van der Waals surface area contributed by atoms with Crippen LogP contribution in [0.15, 0.2) is 0 Å². The molecule has 2 atom stereocenters. The fraction of sp³-hybridized carbons (Fsp3) is 1.00. The first-order chi connectivity index (χ1) is 6.85.